The number of H-pyrrole nitrogens is 1. The van der Waals surface area contributed by atoms with Crippen LogP contribution in [0.2, 0.25) is 0 Å². The molecular weight excluding hydrogens is 648 g/mol. The summed E-state index contributed by atoms with van der Waals surface area (Å²) in [5.41, 5.74) is 3.26. The summed E-state index contributed by atoms with van der Waals surface area (Å²) in [4.78, 5) is 25.8. The third-order valence-corrected chi connectivity index (χ3v) is 8.83. The summed E-state index contributed by atoms with van der Waals surface area (Å²) < 4.78 is 42.5. The topological polar surface area (TPSA) is 221 Å². The Labute approximate surface area is 277 Å². The zero-order valence-corrected chi connectivity index (χ0v) is 26.1. The predicted octanol–water partition coefficient (Wildman–Crippen LogP) is 1.17. The number of aliphatic hydroxyl groups excluding tert-OH is 4. The quantitative estimate of drug-likeness (QED) is 0.0743. The SMILES string of the molecule is COc1c(OCO)ccc2c1OC1c3c(Cn4cc5cc[nH]c5c4)cc(OC4OC(COC(=O)CC(=O)O)C(O)C(O)C4O)cc3OCC21. The number of rotatable bonds is 11. The summed E-state index contributed by atoms with van der Waals surface area (Å²) in [5, 5.41) is 51.0. The van der Waals surface area contributed by atoms with Gasteiger partial charge in [0.2, 0.25) is 12.0 Å². The van der Waals surface area contributed by atoms with Crippen molar-refractivity contribution in [3.05, 3.63) is 65.6 Å². The number of esters is 1. The van der Waals surface area contributed by atoms with Crippen molar-refractivity contribution in [3.8, 4) is 28.7 Å². The number of aromatic amines is 1. The van der Waals surface area contributed by atoms with E-state index < -0.39 is 68.6 Å². The molecular formula is C33H34N2O14. The van der Waals surface area contributed by atoms with Crippen LogP contribution in [0.15, 0.2) is 48.9 Å². The smallest absolute Gasteiger partial charge is 0.317 e. The molecule has 1 fully saturated rings. The van der Waals surface area contributed by atoms with E-state index in [0.717, 1.165) is 27.6 Å². The van der Waals surface area contributed by atoms with Crippen molar-refractivity contribution in [2.45, 2.75) is 55.7 Å². The second-order valence-corrected chi connectivity index (χ2v) is 11.9. The highest BCUT2D eigenvalue weighted by molar-refractivity contribution is 5.90. The highest BCUT2D eigenvalue weighted by Gasteiger charge is 2.47. The van der Waals surface area contributed by atoms with E-state index in [-0.39, 0.29) is 18.3 Å². The second-order valence-electron chi connectivity index (χ2n) is 11.9. The molecule has 0 radical (unpaired) electrons. The van der Waals surface area contributed by atoms with Crippen LogP contribution in [0.5, 0.6) is 28.7 Å². The van der Waals surface area contributed by atoms with Gasteiger partial charge in [0, 0.05) is 47.7 Å². The minimum Gasteiger partial charge on any atom is -0.492 e. The summed E-state index contributed by atoms with van der Waals surface area (Å²) in [7, 11) is 1.49. The van der Waals surface area contributed by atoms with Gasteiger partial charge >= 0.3 is 11.9 Å². The molecule has 260 valence electrons. The molecule has 7 rings (SSSR count). The number of fused-ring (bicyclic) bond motifs is 6. The molecule has 16 nitrogen and oxygen atoms in total. The zero-order chi connectivity index (χ0) is 34.4. The molecule has 0 saturated carbocycles. The number of carbonyl (C=O) groups excluding carboxylic acids is 1. The molecule has 4 aromatic rings. The Kier molecular flexibility index (Phi) is 8.72. The van der Waals surface area contributed by atoms with E-state index in [1.165, 1.54) is 7.11 Å². The molecule has 3 aliphatic rings. The average molecular weight is 683 g/mol. The first kappa shape index (κ1) is 32.5. The van der Waals surface area contributed by atoms with Crippen molar-refractivity contribution in [2.24, 2.45) is 0 Å². The number of aliphatic carboxylic acids is 1. The first-order valence-electron chi connectivity index (χ1n) is 15.4. The summed E-state index contributed by atoms with van der Waals surface area (Å²) in [5.74, 6) is -0.896. The fourth-order valence-electron chi connectivity index (χ4n) is 6.56. The first-order valence-corrected chi connectivity index (χ1v) is 15.4. The number of hydrogen-bond donors (Lipinski definition) is 6. The van der Waals surface area contributed by atoms with Gasteiger partial charge in [0.05, 0.1) is 25.2 Å². The molecule has 0 spiro atoms. The number of carboxylic acid groups (broad SMARTS) is 1. The third-order valence-electron chi connectivity index (χ3n) is 8.83. The van der Waals surface area contributed by atoms with Crippen molar-refractivity contribution in [3.63, 3.8) is 0 Å². The van der Waals surface area contributed by atoms with Crippen LogP contribution in [0.1, 0.15) is 35.1 Å². The molecule has 49 heavy (non-hydrogen) atoms. The van der Waals surface area contributed by atoms with Crippen molar-refractivity contribution < 1.29 is 68.3 Å². The van der Waals surface area contributed by atoms with Crippen molar-refractivity contribution >= 4 is 22.8 Å². The average Bonchev–Trinajstić information content (AvgIpc) is 3.77. The Morgan fingerprint density at radius 3 is 2.67 bits per heavy atom. The molecule has 6 N–H and O–H groups in total. The number of hydrogen-bond acceptors (Lipinski definition) is 13. The van der Waals surface area contributed by atoms with E-state index in [2.05, 4.69) is 4.98 Å². The maximum absolute atomic E-state index is 11.8. The van der Waals surface area contributed by atoms with Crippen LogP contribution in [0.3, 0.4) is 0 Å². The Morgan fingerprint density at radius 1 is 1.08 bits per heavy atom. The summed E-state index contributed by atoms with van der Waals surface area (Å²) in [6, 6.07) is 8.85. The number of methoxy groups -OCH3 is 1. The number of carboxylic acids is 1. The molecule has 0 bridgehead atoms. The minimum absolute atomic E-state index is 0.200. The summed E-state index contributed by atoms with van der Waals surface area (Å²) in [6.45, 7) is -0.549. The van der Waals surface area contributed by atoms with E-state index >= 15 is 0 Å². The highest BCUT2D eigenvalue weighted by atomic mass is 16.7. The maximum Gasteiger partial charge on any atom is 0.317 e. The van der Waals surface area contributed by atoms with E-state index in [1.54, 1.807) is 18.2 Å². The van der Waals surface area contributed by atoms with Crippen LogP contribution in [0, 0.1) is 0 Å². The van der Waals surface area contributed by atoms with E-state index in [9.17, 15) is 30.0 Å². The van der Waals surface area contributed by atoms with Gasteiger partial charge in [-0.15, -0.1) is 0 Å². The zero-order valence-electron chi connectivity index (χ0n) is 26.1. The van der Waals surface area contributed by atoms with Gasteiger partial charge in [-0.25, -0.2) is 0 Å². The first-order chi connectivity index (χ1) is 23.6. The van der Waals surface area contributed by atoms with Gasteiger partial charge in [-0.2, -0.15) is 0 Å². The molecule has 2 aromatic heterocycles. The number of benzene rings is 2. The molecule has 0 amide bonds. The molecule has 16 heteroatoms. The third kappa shape index (κ3) is 6.08. The van der Waals surface area contributed by atoms with Crippen molar-refractivity contribution in [2.75, 3.05) is 27.1 Å². The lowest BCUT2D eigenvalue weighted by atomic mass is 9.86. The van der Waals surface area contributed by atoms with E-state index in [0.29, 0.717) is 29.5 Å². The second kappa shape index (κ2) is 13.1. The van der Waals surface area contributed by atoms with Crippen LogP contribution in [0.4, 0.5) is 0 Å². The van der Waals surface area contributed by atoms with Crippen LogP contribution in [-0.4, -0.2) is 105 Å². The molecule has 5 heterocycles. The minimum atomic E-state index is -1.74. The predicted molar refractivity (Wildman–Crippen MR) is 165 cm³/mol. The lowest BCUT2D eigenvalue weighted by Gasteiger charge is -2.40. The molecule has 3 aliphatic heterocycles. The molecule has 0 aliphatic carbocycles. The maximum atomic E-state index is 11.8. The van der Waals surface area contributed by atoms with Gasteiger partial charge in [-0.1, -0.05) is 6.07 Å². The van der Waals surface area contributed by atoms with Gasteiger partial charge < -0.3 is 68.2 Å². The standard InChI is InChI=1S/C33H34N2O14/c1-43-32-21(46-14-36)3-2-18-19-12-44-22-7-17(47-33-29(42)28(41)27(40)23(48-33)13-45-25(39)8-24(37)38)6-16(26(22)30(19)49-31(18)32)10-35-9-15-4-5-34-20(15)11-35/h2-7,9,11,19,23,27-30,33-34,36,40-42H,8,10,12-14H2,1H3,(H,37,38). The van der Waals surface area contributed by atoms with Gasteiger partial charge in [0.15, 0.2) is 18.3 Å². The van der Waals surface area contributed by atoms with Crippen LogP contribution < -0.4 is 23.7 Å². The fraction of sp³-hybridized carbons (Fsp3) is 0.394. The molecule has 7 atom stereocenters. The number of nitrogens with zero attached hydrogens (tertiary/aromatic N) is 1. The number of carbonyl (C=O) groups is 2. The number of aromatic nitrogens is 2. The summed E-state index contributed by atoms with van der Waals surface area (Å²) >= 11 is 0. The fourth-order valence-corrected chi connectivity index (χ4v) is 6.56. The normalized spacial score (nSPS) is 25.4. The van der Waals surface area contributed by atoms with Gasteiger partial charge in [0.1, 0.15) is 55.0 Å². The highest BCUT2D eigenvalue weighted by Crippen LogP contribution is 2.57. The van der Waals surface area contributed by atoms with Gasteiger partial charge in [0.25, 0.3) is 0 Å². The monoisotopic (exact) mass is 682 g/mol. The van der Waals surface area contributed by atoms with E-state index in [4.69, 9.17) is 38.3 Å². The Bertz CT molecular complexity index is 1840. The molecule has 7 unspecified atom stereocenters. The molecule has 2 aromatic carbocycles. The van der Waals surface area contributed by atoms with E-state index in [1.807, 2.05) is 35.3 Å². The Balaban J connectivity index is 1.21. The Hall–Kier alpha value is -5.00. The van der Waals surface area contributed by atoms with Crippen molar-refractivity contribution in [1.29, 1.82) is 0 Å². The van der Waals surface area contributed by atoms with Crippen LogP contribution in [0.25, 0.3) is 10.9 Å². The van der Waals surface area contributed by atoms with Crippen molar-refractivity contribution in [1.82, 2.24) is 9.55 Å². The number of ether oxygens (including phenoxy) is 7. The van der Waals surface area contributed by atoms with Crippen LogP contribution in [-0.2, 0) is 25.6 Å². The number of aliphatic hydroxyl groups is 4. The van der Waals surface area contributed by atoms with Gasteiger partial charge in [-0.05, 0) is 23.8 Å². The summed E-state index contributed by atoms with van der Waals surface area (Å²) in [6.07, 6.45) is -3.59. The van der Waals surface area contributed by atoms with Gasteiger partial charge in [-0.3, -0.25) is 9.59 Å². The lowest BCUT2D eigenvalue weighted by molar-refractivity contribution is -0.278. The lowest BCUT2D eigenvalue weighted by Crippen LogP contribution is -2.60. The Morgan fingerprint density at radius 2 is 1.92 bits per heavy atom. The number of nitrogens with one attached hydrogen (secondary N) is 1. The van der Waals surface area contributed by atoms with Crippen LogP contribution >= 0.6 is 0 Å². The largest absolute Gasteiger partial charge is 0.492 e. The molecule has 1 saturated heterocycles.